The molecule has 1 aliphatic carbocycles. The van der Waals surface area contributed by atoms with Crippen LogP contribution in [0.25, 0.3) is 0 Å². The summed E-state index contributed by atoms with van der Waals surface area (Å²) in [6.45, 7) is 9.52. The molecule has 0 amide bonds. The van der Waals surface area contributed by atoms with E-state index in [1.807, 2.05) is 5.20 Å². The normalized spacial score (nSPS) is 17.0. The van der Waals surface area contributed by atoms with Crippen molar-refractivity contribution in [2.45, 2.75) is 143 Å². The quantitative estimate of drug-likeness (QED) is 0.118. The average molecular weight is 495 g/mol. The van der Waals surface area contributed by atoms with Crippen LogP contribution in [0.2, 0.25) is 0 Å². The van der Waals surface area contributed by atoms with E-state index in [0.29, 0.717) is 5.92 Å². The van der Waals surface area contributed by atoms with E-state index in [-0.39, 0.29) is 9.52 Å². The zero-order chi connectivity index (χ0) is 25.1. The Bertz CT molecular complexity index is 713. The number of allylic oxidation sites excluding steroid dienone is 4. The molecule has 0 aliphatic heterocycles. The van der Waals surface area contributed by atoms with E-state index < -0.39 is 0 Å². The zero-order valence-electron chi connectivity index (χ0n) is 24.1. The lowest BCUT2D eigenvalue weighted by atomic mass is 9.91. The summed E-state index contributed by atoms with van der Waals surface area (Å²) in [6, 6.07) is 11.3. The number of benzene rings is 1. The maximum Gasteiger partial charge on any atom is 0.0832 e. The minimum atomic E-state index is -0.333. The maximum atomic E-state index is 2.64. The first-order valence-corrected chi connectivity index (χ1v) is 17.0. The van der Waals surface area contributed by atoms with Crippen molar-refractivity contribution in [3.8, 4) is 0 Å². The molecule has 0 bridgehead atoms. The van der Waals surface area contributed by atoms with Crippen molar-refractivity contribution < 1.29 is 0 Å². The van der Waals surface area contributed by atoms with Crippen molar-refractivity contribution in [3.05, 3.63) is 52.8 Å². The Balaban J connectivity index is 1.56. The second kappa shape index (κ2) is 19.1. The fourth-order valence-corrected chi connectivity index (χ4v) is 8.01. The highest BCUT2D eigenvalue weighted by molar-refractivity contribution is 6.61. The SMILES string of the molecule is CCCCCCCCCCCCCCCCCCC1C([SiH2]c2ccccc2)=CC(C(C)CC)=C1C. The van der Waals surface area contributed by atoms with Gasteiger partial charge in [0.2, 0.25) is 0 Å². The highest BCUT2D eigenvalue weighted by Crippen LogP contribution is 2.38. The van der Waals surface area contributed by atoms with Crippen LogP contribution in [0.4, 0.5) is 0 Å². The summed E-state index contributed by atoms with van der Waals surface area (Å²) in [6.07, 6.45) is 28.5. The molecule has 1 aliphatic rings. The van der Waals surface area contributed by atoms with Crippen LogP contribution in [0.3, 0.4) is 0 Å². The third kappa shape index (κ3) is 12.1. The van der Waals surface area contributed by atoms with E-state index in [0.717, 1.165) is 5.92 Å². The van der Waals surface area contributed by atoms with Crippen LogP contribution in [-0.4, -0.2) is 9.52 Å². The number of unbranched alkanes of at least 4 members (excludes halogenated alkanes) is 15. The zero-order valence-corrected chi connectivity index (χ0v) is 25.5. The molecule has 2 unspecified atom stereocenters. The van der Waals surface area contributed by atoms with E-state index in [9.17, 15) is 0 Å². The second-order valence-corrected chi connectivity index (χ2v) is 13.5. The third-order valence-electron chi connectivity index (χ3n) is 8.51. The molecule has 0 N–H and O–H groups in total. The lowest BCUT2D eigenvalue weighted by molar-refractivity contribution is 0.519. The fraction of sp³-hybridized carbons (Fsp3) is 0.706. The first-order chi connectivity index (χ1) is 17.2. The van der Waals surface area contributed by atoms with Gasteiger partial charge >= 0.3 is 0 Å². The highest BCUT2D eigenvalue weighted by atomic mass is 28.2. The Morgan fingerprint density at radius 3 is 1.66 bits per heavy atom. The van der Waals surface area contributed by atoms with Crippen molar-refractivity contribution in [2.75, 3.05) is 0 Å². The molecule has 0 spiro atoms. The van der Waals surface area contributed by atoms with Gasteiger partial charge in [0.15, 0.2) is 0 Å². The van der Waals surface area contributed by atoms with Crippen LogP contribution >= 0.6 is 0 Å². The maximum absolute atomic E-state index is 2.64. The molecular weight excluding hydrogens is 436 g/mol. The van der Waals surface area contributed by atoms with Gasteiger partial charge in [-0.3, -0.25) is 0 Å². The van der Waals surface area contributed by atoms with Crippen LogP contribution in [0.15, 0.2) is 52.8 Å². The largest absolute Gasteiger partial charge is 0.0832 e. The summed E-state index contributed by atoms with van der Waals surface area (Å²) in [7, 11) is -0.333. The van der Waals surface area contributed by atoms with Crippen LogP contribution in [0.1, 0.15) is 143 Å². The molecule has 0 saturated heterocycles. The predicted octanol–water partition coefficient (Wildman–Crippen LogP) is 10.0. The summed E-state index contributed by atoms with van der Waals surface area (Å²) in [4.78, 5) is 0. The van der Waals surface area contributed by atoms with Crippen molar-refractivity contribution in [3.63, 3.8) is 0 Å². The van der Waals surface area contributed by atoms with E-state index in [4.69, 9.17) is 0 Å². The molecule has 2 atom stereocenters. The summed E-state index contributed by atoms with van der Waals surface area (Å²) in [5.41, 5.74) is 3.38. The molecule has 0 heterocycles. The molecule has 2 rings (SSSR count). The molecular formula is C34H58Si. The van der Waals surface area contributed by atoms with E-state index in [2.05, 4.69) is 64.1 Å². The van der Waals surface area contributed by atoms with E-state index >= 15 is 0 Å². The Hall–Kier alpha value is -1.08. The van der Waals surface area contributed by atoms with E-state index in [1.54, 1.807) is 16.3 Å². The number of hydrogen-bond acceptors (Lipinski definition) is 0. The second-order valence-electron chi connectivity index (χ2n) is 11.5. The smallest absolute Gasteiger partial charge is 0.0753 e. The van der Waals surface area contributed by atoms with Gasteiger partial charge in [-0.25, -0.2) is 0 Å². The molecule has 0 fully saturated rings. The lowest BCUT2D eigenvalue weighted by Crippen LogP contribution is -2.20. The first kappa shape index (κ1) is 30.1. The fourth-order valence-electron chi connectivity index (χ4n) is 5.95. The van der Waals surface area contributed by atoms with Gasteiger partial charge in [0, 0.05) is 0 Å². The Morgan fingerprint density at radius 1 is 0.686 bits per heavy atom. The van der Waals surface area contributed by atoms with Gasteiger partial charge in [-0.2, -0.15) is 0 Å². The van der Waals surface area contributed by atoms with Gasteiger partial charge in [0.1, 0.15) is 0 Å². The van der Waals surface area contributed by atoms with E-state index in [1.165, 1.54) is 116 Å². The Kier molecular flexibility index (Phi) is 16.4. The summed E-state index contributed by atoms with van der Waals surface area (Å²) in [5.74, 6) is 1.46. The van der Waals surface area contributed by atoms with Crippen molar-refractivity contribution in [2.24, 2.45) is 11.8 Å². The molecule has 1 aromatic rings. The van der Waals surface area contributed by atoms with Gasteiger partial charge in [-0.05, 0) is 37.2 Å². The minimum absolute atomic E-state index is 0.333. The standard InChI is InChI=1S/C34H58Si/c1-5-7-8-9-10-11-12-13-14-15-16-17-18-19-20-24-27-32-30(4)33(29(3)6-2)28-34(32)35-31-25-22-21-23-26-31/h21-23,25-26,28-29,32H,5-20,24,27,35H2,1-4H3. The van der Waals surface area contributed by atoms with Crippen LogP contribution < -0.4 is 5.19 Å². The topological polar surface area (TPSA) is 0 Å². The first-order valence-electron chi connectivity index (χ1n) is 15.6. The monoisotopic (exact) mass is 494 g/mol. The van der Waals surface area contributed by atoms with Crippen LogP contribution in [0, 0.1) is 11.8 Å². The highest BCUT2D eigenvalue weighted by Gasteiger charge is 2.26. The van der Waals surface area contributed by atoms with Crippen LogP contribution in [0.5, 0.6) is 0 Å². The van der Waals surface area contributed by atoms with Crippen molar-refractivity contribution in [1.82, 2.24) is 0 Å². The minimum Gasteiger partial charge on any atom is -0.0753 e. The molecule has 0 aromatic heterocycles. The van der Waals surface area contributed by atoms with Gasteiger partial charge in [0.25, 0.3) is 0 Å². The Morgan fingerprint density at radius 2 is 1.17 bits per heavy atom. The number of hydrogen-bond donors (Lipinski definition) is 0. The molecule has 0 nitrogen and oxygen atoms in total. The third-order valence-corrected chi connectivity index (χ3v) is 10.5. The Labute approximate surface area is 222 Å². The van der Waals surface area contributed by atoms with Gasteiger partial charge in [0.05, 0.1) is 9.52 Å². The predicted molar refractivity (Wildman–Crippen MR) is 163 cm³/mol. The number of rotatable bonds is 21. The summed E-state index contributed by atoms with van der Waals surface area (Å²) in [5, 5.41) is 3.42. The van der Waals surface area contributed by atoms with Crippen molar-refractivity contribution >= 4 is 14.7 Å². The van der Waals surface area contributed by atoms with Crippen LogP contribution in [-0.2, 0) is 0 Å². The van der Waals surface area contributed by atoms with Gasteiger partial charge in [-0.15, -0.1) is 0 Å². The van der Waals surface area contributed by atoms with Gasteiger partial charge in [-0.1, -0.05) is 176 Å². The summed E-state index contributed by atoms with van der Waals surface area (Å²) >= 11 is 0. The van der Waals surface area contributed by atoms with Crippen molar-refractivity contribution in [1.29, 1.82) is 0 Å². The molecule has 0 radical (unpaired) electrons. The molecule has 198 valence electrons. The molecule has 35 heavy (non-hydrogen) atoms. The summed E-state index contributed by atoms with van der Waals surface area (Å²) < 4.78 is 0. The lowest BCUT2D eigenvalue weighted by Gasteiger charge is -2.18. The molecule has 1 aromatic carbocycles. The molecule has 1 heteroatoms. The van der Waals surface area contributed by atoms with Gasteiger partial charge < -0.3 is 0 Å². The molecule has 0 saturated carbocycles. The average Bonchev–Trinajstić information content (AvgIpc) is 3.18.